The van der Waals surface area contributed by atoms with Crippen LogP contribution in [0.1, 0.15) is 30.9 Å². The number of nitrogens with one attached hydrogen (secondary N) is 1. The fraction of sp³-hybridized carbons (Fsp3) is 0.500. The summed E-state index contributed by atoms with van der Waals surface area (Å²) in [5.41, 5.74) is 9.99. The van der Waals surface area contributed by atoms with Crippen LogP contribution in [0.4, 0.5) is 5.82 Å². The summed E-state index contributed by atoms with van der Waals surface area (Å²) in [6, 6.07) is 8.27. The molecule has 9 nitrogen and oxygen atoms in total. The highest BCUT2D eigenvalue weighted by Gasteiger charge is 2.34. The van der Waals surface area contributed by atoms with Crippen molar-refractivity contribution in [3.8, 4) is 11.1 Å². The molecule has 34 heavy (non-hydrogen) atoms. The highest BCUT2D eigenvalue weighted by atomic mass is 32.2. The predicted molar refractivity (Wildman–Crippen MR) is 133 cm³/mol. The molecule has 10 heteroatoms. The number of methoxy groups -OCH3 is 1. The lowest BCUT2D eigenvalue weighted by molar-refractivity contribution is 0.0921. The van der Waals surface area contributed by atoms with Crippen LogP contribution in [0.3, 0.4) is 0 Å². The first-order valence-corrected chi connectivity index (χ1v) is 13.5. The van der Waals surface area contributed by atoms with Gasteiger partial charge in [0, 0.05) is 38.0 Å². The fourth-order valence-corrected chi connectivity index (χ4v) is 5.84. The van der Waals surface area contributed by atoms with Crippen molar-refractivity contribution < 1.29 is 13.2 Å². The molecular formula is C24H32N6O3S. The van der Waals surface area contributed by atoms with Gasteiger partial charge >= 0.3 is 0 Å². The van der Waals surface area contributed by atoms with Crippen molar-refractivity contribution >= 4 is 26.9 Å². The van der Waals surface area contributed by atoms with Gasteiger partial charge in [0.15, 0.2) is 0 Å². The highest BCUT2D eigenvalue weighted by molar-refractivity contribution is 7.89. The highest BCUT2D eigenvalue weighted by Crippen LogP contribution is 2.43. The van der Waals surface area contributed by atoms with Crippen LogP contribution >= 0.6 is 0 Å². The van der Waals surface area contributed by atoms with E-state index < -0.39 is 10.0 Å². The SMILES string of the molecule is COCCS(=O)(=O)NCc1cccc(-c2cn(C3CC(CN4CCC4)C3)c3ncnc(N)c23)c1. The minimum atomic E-state index is -3.40. The molecule has 1 aromatic carbocycles. The van der Waals surface area contributed by atoms with E-state index in [0.29, 0.717) is 11.9 Å². The van der Waals surface area contributed by atoms with Crippen LogP contribution in [0.15, 0.2) is 36.8 Å². The van der Waals surface area contributed by atoms with E-state index in [4.69, 9.17) is 10.5 Å². The first-order chi connectivity index (χ1) is 16.4. The van der Waals surface area contributed by atoms with Crippen LogP contribution in [0.5, 0.6) is 0 Å². The lowest BCUT2D eigenvalue weighted by Gasteiger charge is -2.42. The van der Waals surface area contributed by atoms with Gasteiger partial charge in [0.25, 0.3) is 0 Å². The van der Waals surface area contributed by atoms with Crippen LogP contribution in [-0.2, 0) is 21.3 Å². The molecule has 2 aromatic heterocycles. The minimum absolute atomic E-state index is 0.0648. The lowest BCUT2D eigenvalue weighted by Crippen LogP contribution is -2.43. The summed E-state index contributed by atoms with van der Waals surface area (Å²) in [5, 5.41) is 0.853. The molecular weight excluding hydrogens is 452 g/mol. The van der Waals surface area contributed by atoms with E-state index in [1.165, 1.54) is 39.5 Å². The molecule has 3 aromatic rings. The number of benzene rings is 1. The zero-order valence-electron chi connectivity index (χ0n) is 19.5. The van der Waals surface area contributed by atoms with Crippen LogP contribution < -0.4 is 10.5 Å². The number of nitrogen functional groups attached to an aromatic ring is 1. The van der Waals surface area contributed by atoms with Crippen molar-refractivity contribution in [2.45, 2.75) is 31.8 Å². The maximum Gasteiger partial charge on any atom is 0.214 e. The zero-order valence-corrected chi connectivity index (χ0v) is 20.3. The molecule has 0 atom stereocenters. The summed E-state index contributed by atoms with van der Waals surface area (Å²) in [6.45, 7) is 4.04. The van der Waals surface area contributed by atoms with Crippen molar-refractivity contribution in [2.75, 3.05) is 44.8 Å². The first-order valence-electron chi connectivity index (χ1n) is 11.8. The molecule has 0 unspecified atom stereocenters. The second-order valence-corrected chi connectivity index (χ2v) is 11.3. The largest absolute Gasteiger partial charge is 0.384 e. The Morgan fingerprint density at radius 2 is 2.06 bits per heavy atom. The fourth-order valence-electron chi connectivity index (χ4n) is 4.92. The van der Waals surface area contributed by atoms with Gasteiger partial charge in [0.2, 0.25) is 10.0 Å². The van der Waals surface area contributed by atoms with Crippen LogP contribution in [-0.4, -0.2) is 67.0 Å². The average Bonchev–Trinajstić information content (AvgIpc) is 3.15. The number of sulfonamides is 1. The summed E-state index contributed by atoms with van der Waals surface area (Å²) < 4.78 is 34.1. The number of likely N-dealkylation sites (tertiary alicyclic amines) is 1. The normalized spacial score (nSPS) is 20.9. The molecule has 0 radical (unpaired) electrons. The standard InChI is InChI=1S/C24H32N6O3S/c1-33-8-9-34(31,32)28-13-17-4-2-5-19(10-17)21-15-30(24-22(21)23(25)26-16-27-24)20-11-18(12-20)14-29-6-3-7-29/h2,4-5,10,15-16,18,20,28H,3,6-9,11-14H2,1H3,(H2,25,26,27). The quantitative estimate of drug-likeness (QED) is 0.454. The molecule has 1 saturated carbocycles. The molecule has 2 aliphatic rings. The topological polar surface area (TPSA) is 115 Å². The summed E-state index contributed by atoms with van der Waals surface area (Å²) >= 11 is 0. The Kier molecular flexibility index (Phi) is 6.57. The van der Waals surface area contributed by atoms with E-state index in [9.17, 15) is 8.42 Å². The lowest BCUT2D eigenvalue weighted by atomic mass is 9.79. The number of hydrogen-bond acceptors (Lipinski definition) is 7. The molecule has 182 valence electrons. The number of anilines is 1. The predicted octanol–water partition coefficient (Wildman–Crippen LogP) is 2.40. The van der Waals surface area contributed by atoms with Gasteiger partial charge in [-0.3, -0.25) is 0 Å². The molecule has 3 N–H and O–H groups in total. The molecule has 3 heterocycles. The summed E-state index contributed by atoms with van der Waals surface area (Å²) in [5.74, 6) is 1.13. The molecule has 0 bridgehead atoms. The van der Waals surface area contributed by atoms with E-state index in [2.05, 4.69) is 30.4 Å². The van der Waals surface area contributed by atoms with Gasteiger partial charge in [-0.2, -0.15) is 0 Å². The van der Waals surface area contributed by atoms with Gasteiger partial charge in [-0.05, 0) is 55.5 Å². The van der Waals surface area contributed by atoms with Crippen molar-refractivity contribution in [3.05, 3.63) is 42.4 Å². The Balaban J connectivity index is 1.38. The third-order valence-electron chi connectivity index (χ3n) is 7.00. The maximum atomic E-state index is 12.1. The number of fused-ring (bicyclic) bond motifs is 1. The van der Waals surface area contributed by atoms with Gasteiger partial charge in [0.05, 0.1) is 17.7 Å². The third kappa shape index (κ3) is 4.81. The van der Waals surface area contributed by atoms with Gasteiger partial charge in [-0.25, -0.2) is 23.1 Å². The average molecular weight is 485 g/mol. The Bertz CT molecular complexity index is 1260. The number of ether oxygens (including phenoxy) is 1. The smallest absolute Gasteiger partial charge is 0.214 e. The van der Waals surface area contributed by atoms with Crippen molar-refractivity contribution in [2.24, 2.45) is 5.92 Å². The Morgan fingerprint density at radius 3 is 2.79 bits per heavy atom. The van der Waals surface area contributed by atoms with Crippen molar-refractivity contribution in [1.29, 1.82) is 0 Å². The first kappa shape index (κ1) is 23.2. The van der Waals surface area contributed by atoms with E-state index in [0.717, 1.165) is 46.5 Å². The van der Waals surface area contributed by atoms with E-state index in [1.54, 1.807) is 0 Å². The van der Waals surface area contributed by atoms with Gasteiger partial charge in [-0.15, -0.1) is 0 Å². The number of nitrogens with zero attached hydrogens (tertiary/aromatic N) is 4. The van der Waals surface area contributed by atoms with Crippen molar-refractivity contribution in [3.63, 3.8) is 0 Å². The van der Waals surface area contributed by atoms with E-state index >= 15 is 0 Å². The molecule has 1 aliphatic carbocycles. The Morgan fingerprint density at radius 1 is 1.24 bits per heavy atom. The van der Waals surface area contributed by atoms with Crippen molar-refractivity contribution in [1.82, 2.24) is 24.2 Å². The molecule has 1 aliphatic heterocycles. The Hall–Kier alpha value is -2.53. The van der Waals surface area contributed by atoms with Crippen LogP contribution in [0.25, 0.3) is 22.2 Å². The van der Waals surface area contributed by atoms with Crippen LogP contribution in [0, 0.1) is 5.92 Å². The zero-order chi connectivity index (χ0) is 23.7. The minimum Gasteiger partial charge on any atom is -0.384 e. The number of rotatable bonds is 10. The molecule has 5 rings (SSSR count). The molecule has 2 fully saturated rings. The molecule has 0 spiro atoms. The molecule has 0 amide bonds. The van der Waals surface area contributed by atoms with Gasteiger partial charge in [-0.1, -0.05) is 18.2 Å². The third-order valence-corrected chi connectivity index (χ3v) is 8.29. The monoisotopic (exact) mass is 484 g/mol. The summed E-state index contributed by atoms with van der Waals surface area (Å²) in [4.78, 5) is 11.4. The number of aromatic nitrogens is 3. The summed E-state index contributed by atoms with van der Waals surface area (Å²) in [6.07, 6.45) is 7.28. The number of nitrogens with two attached hydrogens (primary N) is 1. The van der Waals surface area contributed by atoms with Gasteiger partial charge in [0.1, 0.15) is 17.8 Å². The summed E-state index contributed by atoms with van der Waals surface area (Å²) in [7, 11) is -1.91. The molecule has 1 saturated heterocycles. The number of hydrogen-bond donors (Lipinski definition) is 2. The van der Waals surface area contributed by atoms with E-state index in [1.807, 2.05) is 24.3 Å². The Labute approximate surface area is 200 Å². The second kappa shape index (κ2) is 9.61. The van der Waals surface area contributed by atoms with Crippen LogP contribution in [0.2, 0.25) is 0 Å². The maximum absolute atomic E-state index is 12.1. The van der Waals surface area contributed by atoms with E-state index in [-0.39, 0.29) is 18.9 Å². The van der Waals surface area contributed by atoms with Gasteiger partial charge < -0.3 is 19.9 Å². The second-order valence-electron chi connectivity index (χ2n) is 9.39.